The fourth-order valence-corrected chi connectivity index (χ4v) is 2.04. The molecule has 2 N–H and O–H groups in total. The molecule has 118 valence electrons. The van der Waals surface area contributed by atoms with Crippen LogP contribution in [0.4, 0.5) is 13.6 Å². The second kappa shape index (κ2) is 4.92. The molecule has 1 aliphatic rings. The smallest absolute Gasteiger partial charge is 0.408 e. The van der Waals surface area contributed by atoms with Crippen molar-refractivity contribution in [3.8, 4) is 0 Å². The van der Waals surface area contributed by atoms with Crippen LogP contribution in [0.25, 0.3) is 0 Å². The van der Waals surface area contributed by atoms with Crippen LogP contribution >= 0.6 is 0 Å². The molecule has 0 unspecified atom stereocenters. The molecule has 0 bridgehead atoms. The van der Waals surface area contributed by atoms with Crippen molar-refractivity contribution < 1.29 is 18.3 Å². The van der Waals surface area contributed by atoms with Crippen LogP contribution < -0.4 is 5.32 Å². The first-order chi connectivity index (χ1) is 9.53. The number of aromatic nitrogens is 3. The van der Waals surface area contributed by atoms with Gasteiger partial charge in [-0.2, -0.15) is 5.10 Å². The van der Waals surface area contributed by atoms with Crippen LogP contribution in [-0.2, 0) is 16.7 Å². The molecule has 1 heterocycles. The number of hydrogen-bond acceptors (Lipinski definition) is 4. The molecule has 0 aromatic carbocycles. The van der Waals surface area contributed by atoms with E-state index in [-0.39, 0.29) is 12.4 Å². The van der Waals surface area contributed by atoms with E-state index in [0.717, 1.165) is 6.92 Å². The third-order valence-corrected chi connectivity index (χ3v) is 3.35. The quantitative estimate of drug-likeness (QED) is 0.895. The summed E-state index contributed by atoms with van der Waals surface area (Å²) in [5.41, 5.74) is -1.85. The number of rotatable bonds is 4. The number of alkyl carbamates (subject to hydrolysis) is 1. The fourth-order valence-electron chi connectivity index (χ4n) is 2.04. The predicted octanol–water partition coefficient (Wildman–Crippen LogP) is 2.52. The molecular formula is C13H20F2N4O2. The van der Waals surface area contributed by atoms with Crippen molar-refractivity contribution in [2.45, 2.75) is 64.0 Å². The van der Waals surface area contributed by atoms with Crippen LogP contribution in [0.2, 0.25) is 0 Å². The Bertz CT molecular complexity index is 527. The topological polar surface area (TPSA) is 79.9 Å². The third-order valence-electron chi connectivity index (χ3n) is 3.35. The molecule has 1 aromatic rings. The normalized spacial score (nSPS) is 17.4. The lowest BCUT2D eigenvalue weighted by molar-refractivity contribution is -0.0228. The number of amides is 1. The summed E-state index contributed by atoms with van der Waals surface area (Å²) < 4.78 is 32.2. The molecule has 1 fully saturated rings. The minimum atomic E-state index is -2.86. The summed E-state index contributed by atoms with van der Waals surface area (Å²) in [4.78, 5) is 15.6. The summed E-state index contributed by atoms with van der Waals surface area (Å²) in [6, 6.07) is 0. The van der Waals surface area contributed by atoms with E-state index < -0.39 is 23.0 Å². The van der Waals surface area contributed by atoms with E-state index in [4.69, 9.17) is 4.74 Å². The lowest BCUT2D eigenvalue weighted by atomic mass is 9.99. The van der Waals surface area contributed by atoms with Gasteiger partial charge in [0.1, 0.15) is 11.4 Å². The lowest BCUT2D eigenvalue weighted by Crippen LogP contribution is -2.32. The number of ether oxygens (including phenoxy) is 1. The number of nitrogens with one attached hydrogen (secondary N) is 2. The number of nitrogens with zero attached hydrogens (tertiary/aromatic N) is 2. The Kier molecular flexibility index (Phi) is 3.67. The van der Waals surface area contributed by atoms with Gasteiger partial charge in [0.15, 0.2) is 5.82 Å². The molecule has 0 aliphatic heterocycles. The molecule has 1 amide bonds. The molecule has 0 saturated heterocycles. The summed E-state index contributed by atoms with van der Waals surface area (Å²) in [6.45, 7) is 6.18. The Labute approximate surface area is 121 Å². The maximum absolute atomic E-state index is 13.6. The first-order valence-electron chi connectivity index (χ1n) is 6.80. The minimum Gasteiger partial charge on any atom is -0.444 e. The molecule has 1 saturated carbocycles. The number of carbonyl (C=O) groups excluding carboxylic acids is 1. The van der Waals surface area contributed by atoms with Crippen molar-refractivity contribution >= 4 is 6.09 Å². The zero-order valence-electron chi connectivity index (χ0n) is 12.6. The van der Waals surface area contributed by atoms with Crippen molar-refractivity contribution in [1.29, 1.82) is 0 Å². The van der Waals surface area contributed by atoms with Gasteiger partial charge < -0.3 is 10.1 Å². The van der Waals surface area contributed by atoms with Crippen LogP contribution in [-0.4, -0.2) is 32.8 Å². The highest BCUT2D eigenvalue weighted by atomic mass is 19.3. The van der Waals surface area contributed by atoms with E-state index in [1.807, 2.05) is 0 Å². The highest BCUT2D eigenvalue weighted by molar-refractivity contribution is 5.67. The van der Waals surface area contributed by atoms with E-state index in [1.54, 1.807) is 20.8 Å². The minimum absolute atomic E-state index is 0.0489. The molecule has 0 radical (unpaired) electrons. The number of carbonyl (C=O) groups is 1. The van der Waals surface area contributed by atoms with Crippen LogP contribution in [0, 0.1) is 0 Å². The zero-order valence-corrected chi connectivity index (χ0v) is 12.6. The number of alkyl halides is 2. The third kappa shape index (κ3) is 3.48. The first-order valence-corrected chi connectivity index (χ1v) is 6.80. The van der Waals surface area contributed by atoms with Gasteiger partial charge in [-0.3, -0.25) is 5.10 Å². The summed E-state index contributed by atoms with van der Waals surface area (Å²) in [7, 11) is 0. The van der Waals surface area contributed by atoms with E-state index in [0.29, 0.717) is 18.7 Å². The van der Waals surface area contributed by atoms with E-state index in [1.165, 1.54) is 0 Å². The molecule has 2 rings (SSSR count). The summed E-state index contributed by atoms with van der Waals surface area (Å²) in [5.74, 6) is -2.42. The van der Waals surface area contributed by atoms with Gasteiger partial charge in [0.25, 0.3) is 5.92 Å². The predicted molar refractivity (Wildman–Crippen MR) is 71.0 cm³/mol. The molecular weight excluding hydrogens is 282 g/mol. The van der Waals surface area contributed by atoms with E-state index in [2.05, 4.69) is 20.5 Å². The number of H-pyrrole nitrogens is 1. The Morgan fingerprint density at radius 1 is 1.38 bits per heavy atom. The van der Waals surface area contributed by atoms with Gasteiger partial charge >= 0.3 is 6.09 Å². The van der Waals surface area contributed by atoms with Crippen LogP contribution in [0.5, 0.6) is 0 Å². The monoisotopic (exact) mass is 302 g/mol. The zero-order chi connectivity index (χ0) is 15.9. The molecule has 1 aliphatic carbocycles. The van der Waals surface area contributed by atoms with Gasteiger partial charge in [-0.15, -0.1) is 0 Å². The average Bonchev–Trinajstić information content (AvgIpc) is 2.98. The Morgan fingerprint density at radius 2 is 2.00 bits per heavy atom. The number of halogens is 2. The highest BCUT2D eigenvalue weighted by Crippen LogP contribution is 2.56. The van der Waals surface area contributed by atoms with Crippen LogP contribution in [0.15, 0.2) is 0 Å². The van der Waals surface area contributed by atoms with Crippen molar-refractivity contribution in [1.82, 2.24) is 20.5 Å². The molecule has 6 nitrogen and oxygen atoms in total. The Hall–Kier alpha value is -1.73. The van der Waals surface area contributed by atoms with Crippen molar-refractivity contribution in [2.24, 2.45) is 0 Å². The fraction of sp³-hybridized carbons (Fsp3) is 0.769. The SMILES string of the molecule is CC(C)(C)OC(=O)NCc1nc(C2(C(C)(F)F)CC2)n[nH]1. The van der Waals surface area contributed by atoms with Crippen LogP contribution in [0.3, 0.4) is 0 Å². The van der Waals surface area contributed by atoms with Gasteiger partial charge in [-0.25, -0.2) is 18.6 Å². The lowest BCUT2D eigenvalue weighted by Gasteiger charge is -2.19. The Morgan fingerprint density at radius 3 is 2.48 bits per heavy atom. The summed E-state index contributed by atoms with van der Waals surface area (Å²) in [5, 5.41) is 8.94. The van der Waals surface area contributed by atoms with Gasteiger partial charge in [-0.1, -0.05) is 0 Å². The highest BCUT2D eigenvalue weighted by Gasteiger charge is 2.62. The Balaban J connectivity index is 1.95. The number of aromatic amines is 1. The van der Waals surface area contributed by atoms with Crippen LogP contribution in [0.1, 0.15) is 52.2 Å². The largest absolute Gasteiger partial charge is 0.444 e. The molecule has 0 atom stereocenters. The van der Waals surface area contributed by atoms with Gasteiger partial charge in [0.05, 0.1) is 12.0 Å². The van der Waals surface area contributed by atoms with Gasteiger partial charge in [0.2, 0.25) is 0 Å². The molecule has 8 heteroatoms. The van der Waals surface area contributed by atoms with Gasteiger partial charge in [-0.05, 0) is 33.6 Å². The first kappa shape index (κ1) is 15.7. The summed E-state index contributed by atoms with van der Waals surface area (Å²) >= 11 is 0. The second-order valence-electron chi connectivity index (χ2n) is 6.43. The molecule has 21 heavy (non-hydrogen) atoms. The maximum atomic E-state index is 13.6. The number of hydrogen-bond donors (Lipinski definition) is 2. The van der Waals surface area contributed by atoms with Gasteiger partial charge in [0, 0.05) is 6.92 Å². The van der Waals surface area contributed by atoms with E-state index in [9.17, 15) is 13.6 Å². The molecule has 0 spiro atoms. The summed E-state index contributed by atoms with van der Waals surface area (Å²) in [6.07, 6.45) is 0.142. The maximum Gasteiger partial charge on any atom is 0.408 e. The average molecular weight is 302 g/mol. The van der Waals surface area contributed by atoms with Crippen molar-refractivity contribution in [2.75, 3.05) is 0 Å². The molecule has 1 aromatic heterocycles. The standard InChI is InChI=1S/C13H20F2N4O2/c1-11(2,3)21-10(20)16-7-8-17-9(19-18-8)13(5-6-13)12(4,14)15/h5-7H2,1-4H3,(H,16,20)(H,17,18,19). The second-order valence-corrected chi connectivity index (χ2v) is 6.43. The van der Waals surface area contributed by atoms with Crippen molar-refractivity contribution in [3.05, 3.63) is 11.6 Å². The van der Waals surface area contributed by atoms with Crippen molar-refractivity contribution in [3.63, 3.8) is 0 Å². The van der Waals surface area contributed by atoms with E-state index >= 15 is 0 Å².